The van der Waals surface area contributed by atoms with Crippen molar-refractivity contribution >= 4 is 24.2 Å². The number of hydrogen-bond donors (Lipinski definition) is 2. The maximum absolute atomic E-state index is 9.12. The van der Waals surface area contributed by atoms with E-state index in [0.29, 0.717) is 17.0 Å². The van der Waals surface area contributed by atoms with E-state index in [1.807, 2.05) is 19.0 Å². The van der Waals surface area contributed by atoms with Gasteiger partial charge in [0.15, 0.2) is 0 Å². The Morgan fingerprint density at radius 2 is 2.00 bits per heavy atom. The van der Waals surface area contributed by atoms with E-state index in [1.54, 1.807) is 18.2 Å². The van der Waals surface area contributed by atoms with E-state index < -0.39 is 7.12 Å². The Labute approximate surface area is 89.1 Å². The molecule has 0 heterocycles. The summed E-state index contributed by atoms with van der Waals surface area (Å²) in [6, 6.07) is 5.12. The molecule has 0 aromatic heterocycles. The van der Waals surface area contributed by atoms with Gasteiger partial charge in [-0.2, -0.15) is 0 Å². The Morgan fingerprint density at radius 1 is 1.36 bits per heavy atom. The standard InChI is InChI=1S/C9H13BClNO2/c1-12(2)6-7-3-4-8(11)5-9(7)10(13)14/h3-5,13-14H,6H2,1-2H3. The van der Waals surface area contributed by atoms with Gasteiger partial charge < -0.3 is 14.9 Å². The molecule has 3 nitrogen and oxygen atoms in total. The first-order valence-corrected chi connectivity index (χ1v) is 4.67. The summed E-state index contributed by atoms with van der Waals surface area (Å²) < 4.78 is 0. The highest BCUT2D eigenvalue weighted by molar-refractivity contribution is 6.59. The van der Waals surface area contributed by atoms with Crippen molar-refractivity contribution in [3.8, 4) is 0 Å². The predicted molar refractivity (Wildman–Crippen MR) is 58.7 cm³/mol. The van der Waals surface area contributed by atoms with Gasteiger partial charge in [0.25, 0.3) is 0 Å². The van der Waals surface area contributed by atoms with Crippen LogP contribution in [-0.4, -0.2) is 36.2 Å². The second-order valence-electron chi connectivity index (χ2n) is 3.45. The minimum absolute atomic E-state index is 0.464. The molecular weight excluding hydrogens is 200 g/mol. The minimum atomic E-state index is -1.47. The van der Waals surface area contributed by atoms with Crippen LogP contribution in [0.15, 0.2) is 18.2 Å². The van der Waals surface area contributed by atoms with Crippen LogP contribution in [0.25, 0.3) is 0 Å². The molecule has 0 aliphatic heterocycles. The maximum Gasteiger partial charge on any atom is 0.488 e. The number of rotatable bonds is 3. The first-order chi connectivity index (χ1) is 6.50. The molecule has 1 rings (SSSR count). The van der Waals surface area contributed by atoms with Crippen LogP contribution >= 0.6 is 11.6 Å². The van der Waals surface area contributed by atoms with Crippen LogP contribution in [0.4, 0.5) is 0 Å². The average molecular weight is 213 g/mol. The predicted octanol–water partition coefficient (Wildman–Crippen LogP) is 0.0814. The smallest absolute Gasteiger partial charge is 0.423 e. The van der Waals surface area contributed by atoms with E-state index in [-0.39, 0.29) is 0 Å². The van der Waals surface area contributed by atoms with E-state index in [0.717, 1.165) is 5.56 Å². The molecule has 0 spiro atoms. The lowest BCUT2D eigenvalue weighted by molar-refractivity contribution is 0.399. The Kier molecular flexibility index (Phi) is 3.95. The summed E-state index contributed by atoms with van der Waals surface area (Å²) in [6.45, 7) is 0.657. The normalized spacial score (nSPS) is 10.7. The number of hydrogen-bond acceptors (Lipinski definition) is 3. The van der Waals surface area contributed by atoms with Crippen LogP contribution in [0, 0.1) is 0 Å². The van der Waals surface area contributed by atoms with E-state index in [2.05, 4.69) is 0 Å². The number of benzene rings is 1. The molecule has 0 saturated heterocycles. The summed E-state index contributed by atoms with van der Waals surface area (Å²) in [4.78, 5) is 1.95. The first kappa shape index (κ1) is 11.5. The molecule has 0 amide bonds. The highest BCUT2D eigenvalue weighted by Gasteiger charge is 2.16. The lowest BCUT2D eigenvalue weighted by atomic mass is 9.77. The summed E-state index contributed by atoms with van der Waals surface area (Å²) in [7, 11) is 2.37. The zero-order chi connectivity index (χ0) is 10.7. The van der Waals surface area contributed by atoms with E-state index in [9.17, 15) is 0 Å². The molecule has 1 aromatic rings. The fourth-order valence-corrected chi connectivity index (χ4v) is 1.47. The van der Waals surface area contributed by atoms with Gasteiger partial charge in [-0.1, -0.05) is 17.7 Å². The molecule has 14 heavy (non-hydrogen) atoms. The topological polar surface area (TPSA) is 43.7 Å². The third kappa shape index (κ3) is 2.99. The fourth-order valence-electron chi connectivity index (χ4n) is 1.29. The molecule has 0 saturated carbocycles. The van der Waals surface area contributed by atoms with Gasteiger partial charge in [0.2, 0.25) is 0 Å². The Morgan fingerprint density at radius 3 is 2.50 bits per heavy atom. The third-order valence-corrected chi connectivity index (χ3v) is 2.11. The van der Waals surface area contributed by atoms with Gasteiger partial charge >= 0.3 is 7.12 Å². The van der Waals surface area contributed by atoms with Crippen LogP contribution in [-0.2, 0) is 6.54 Å². The number of nitrogens with zero attached hydrogens (tertiary/aromatic N) is 1. The van der Waals surface area contributed by atoms with Gasteiger partial charge in [0.1, 0.15) is 0 Å². The van der Waals surface area contributed by atoms with Gasteiger partial charge in [-0.15, -0.1) is 0 Å². The van der Waals surface area contributed by atoms with Gasteiger partial charge in [0.05, 0.1) is 0 Å². The lowest BCUT2D eigenvalue weighted by Crippen LogP contribution is -2.34. The molecule has 0 bridgehead atoms. The zero-order valence-corrected chi connectivity index (χ0v) is 8.99. The summed E-state index contributed by atoms with van der Waals surface area (Å²) >= 11 is 5.76. The zero-order valence-electron chi connectivity index (χ0n) is 8.24. The Bertz CT molecular complexity index is 318. The quantitative estimate of drug-likeness (QED) is 0.699. The van der Waals surface area contributed by atoms with Gasteiger partial charge in [-0.25, -0.2) is 0 Å². The van der Waals surface area contributed by atoms with Crippen molar-refractivity contribution in [3.05, 3.63) is 28.8 Å². The average Bonchev–Trinajstić information content (AvgIpc) is 2.07. The van der Waals surface area contributed by atoms with Crippen LogP contribution in [0.1, 0.15) is 5.56 Å². The summed E-state index contributed by atoms with van der Waals surface area (Å²) in [5.74, 6) is 0. The highest BCUT2D eigenvalue weighted by Crippen LogP contribution is 2.09. The van der Waals surface area contributed by atoms with Crippen molar-refractivity contribution in [2.24, 2.45) is 0 Å². The Hall–Kier alpha value is -0.545. The largest absolute Gasteiger partial charge is 0.488 e. The van der Waals surface area contributed by atoms with Crippen molar-refractivity contribution in [2.45, 2.75) is 6.54 Å². The molecule has 0 unspecified atom stereocenters. The van der Waals surface area contributed by atoms with Crippen molar-refractivity contribution in [3.63, 3.8) is 0 Å². The van der Waals surface area contributed by atoms with E-state index in [1.165, 1.54) is 0 Å². The van der Waals surface area contributed by atoms with Crippen LogP contribution in [0.3, 0.4) is 0 Å². The van der Waals surface area contributed by atoms with Crippen LogP contribution < -0.4 is 5.46 Å². The third-order valence-electron chi connectivity index (χ3n) is 1.87. The summed E-state index contributed by atoms with van der Waals surface area (Å²) in [5.41, 5.74) is 1.33. The number of halogens is 1. The van der Waals surface area contributed by atoms with E-state index in [4.69, 9.17) is 21.6 Å². The molecule has 1 aromatic carbocycles. The lowest BCUT2D eigenvalue weighted by Gasteiger charge is -2.13. The fraction of sp³-hybridized carbons (Fsp3) is 0.333. The van der Waals surface area contributed by atoms with Crippen LogP contribution in [0.5, 0.6) is 0 Å². The highest BCUT2D eigenvalue weighted by atomic mass is 35.5. The van der Waals surface area contributed by atoms with Crippen molar-refractivity contribution < 1.29 is 10.0 Å². The molecule has 2 N–H and O–H groups in total. The van der Waals surface area contributed by atoms with Crippen LogP contribution in [0.2, 0.25) is 5.02 Å². The molecule has 0 aliphatic carbocycles. The van der Waals surface area contributed by atoms with E-state index >= 15 is 0 Å². The van der Waals surface area contributed by atoms with Crippen molar-refractivity contribution in [2.75, 3.05) is 14.1 Å². The summed E-state index contributed by atoms with van der Waals surface area (Å²) in [5, 5.41) is 18.8. The molecule has 76 valence electrons. The molecule has 0 fully saturated rings. The van der Waals surface area contributed by atoms with Gasteiger partial charge in [-0.3, -0.25) is 0 Å². The minimum Gasteiger partial charge on any atom is -0.423 e. The van der Waals surface area contributed by atoms with Gasteiger partial charge in [0, 0.05) is 11.6 Å². The molecule has 0 atom stereocenters. The van der Waals surface area contributed by atoms with Crippen molar-refractivity contribution in [1.29, 1.82) is 0 Å². The first-order valence-electron chi connectivity index (χ1n) is 4.30. The molecule has 0 radical (unpaired) electrons. The monoisotopic (exact) mass is 213 g/mol. The second-order valence-corrected chi connectivity index (χ2v) is 3.89. The summed E-state index contributed by atoms with van der Waals surface area (Å²) in [6.07, 6.45) is 0. The second kappa shape index (κ2) is 4.80. The maximum atomic E-state index is 9.12. The Balaban J connectivity index is 3.02. The molecule has 0 aliphatic rings. The van der Waals surface area contributed by atoms with Gasteiger partial charge in [-0.05, 0) is 37.3 Å². The molecular formula is C9H13BClNO2. The SMILES string of the molecule is CN(C)Cc1ccc(Cl)cc1B(O)O. The van der Waals surface area contributed by atoms with Crippen molar-refractivity contribution in [1.82, 2.24) is 4.90 Å². The molecule has 5 heteroatoms.